The van der Waals surface area contributed by atoms with E-state index in [0.717, 1.165) is 24.6 Å². The quantitative estimate of drug-likeness (QED) is 0.133. The maximum absolute atomic E-state index is 12.0. The van der Waals surface area contributed by atoms with Crippen molar-refractivity contribution in [1.29, 1.82) is 0 Å². The predicted octanol–water partition coefficient (Wildman–Crippen LogP) is 10.2. The monoisotopic (exact) mass is 516 g/mol. The third-order valence-electron chi connectivity index (χ3n) is 7.53. The highest BCUT2D eigenvalue weighted by Gasteiger charge is 2.16. The van der Waals surface area contributed by atoms with Gasteiger partial charge in [-0.2, -0.15) is 8.42 Å². The highest BCUT2D eigenvalue weighted by molar-refractivity contribution is 7.86. The molecule has 0 aliphatic carbocycles. The van der Waals surface area contributed by atoms with Gasteiger partial charge in [0, 0.05) is 5.39 Å². The highest BCUT2D eigenvalue weighted by Crippen LogP contribution is 2.29. The highest BCUT2D eigenvalue weighted by atomic mass is 32.2. The lowest BCUT2D eigenvalue weighted by molar-refractivity contribution is 0.484. The van der Waals surface area contributed by atoms with Crippen molar-refractivity contribution in [2.75, 3.05) is 0 Å². The molecular formula is C32H52O3S. The summed E-state index contributed by atoms with van der Waals surface area (Å²) >= 11 is 0. The molecule has 0 aliphatic heterocycles. The van der Waals surface area contributed by atoms with E-state index < -0.39 is 10.1 Å². The van der Waals surface area contributed by atoms with Crippen LogP contribution in [-0.2, 0) is 23.0 Å². The van der Waals surface area contributed by atoms with Crippen LogP contribution in [0.1, 0.15) is 141 Å². The van der Waals surface area contributed by atoms with Gasteiger partial charge in [-0.15, -0.1) is 0 Å². The molecule has 2 aromatic carbocycles. The topological polar surface area (TPSA) is 54.4 Å². The first kappa shape index (κ1) is 30.8. The van der Waals surface area contributed by atoms with Gasteiger partial charge >= 0.3 is 0 Å². The third-order valence-corrected chi connectivity index (χ3v) is 8.44. The summed E-state index contributed by atoms with van der Waals surface area (Å²) < 4.78 is 33.7. The van der Waals surface area contributed by atoms with Gasteiger partial charge in [0.2, 0.25) is 0 Å². The van der Waals surface area contributed by atoms with Crippen LogP contribution in [0, 0.1) is 0 Å². The molecule has 0 unspecified atom stereocenters. The first-order valence-corrected chi connectivity index (χ1v) is 16.4. The summed E-state index contributed by atoms with van der Waals surface area (Å²) in [5.74, 6) is 0. The normalized spacial score (nSPS) is 12.0. The number of benzene rings is 2. The number of hydrogen-bond acceptors (Lipinski definition) is 2. The van der Waals surface area contributed by atoms with Crippen LogP contribution in [0.15, 0.2) is 35.2 Å². The third kappa shape index (κ3) is 11.8. The molecule has 2 rings (SSSR count). The average molecular weight is 517 g/mol. The van der Waals surface area contributed by atoms with Crippen molar-refractivity contribution in [1.82, 2.24) is 0 Å². The fourth-order valence-electron chi connectivity index (χ4n) is 5.29. The molecule has 0 aromatic heterocycles. The van der Waals surface area contributed by atoms with Crippen molar-refractivity contribution in [3.63, 3.8) is 0 Å². The van der Waals surface area contributed by atoms with Crippen LogP contribution < -0.4 is 0 Å². The Labute approximate surface area is 222 Å². The molecule has 0 fully saturated rings. The Balaban J connectivity index is 1.90. The average Bonchev–Trinajstić information content (AvgIpc) is 2.86. The number of unbranched alkanes of at least 4 members (excludes halogenated alkanes) is 16. The Hall–Kier alpha value is -1.39. The second-order valence-electron chi connectivity index (χ2n) is 10.7. The first-order valence-electron chi connectivity index (χ1n) is 15.0. The predicted molar refractivity (Wildman–Crippen MR) is 156 cm³/mol. The van der Waals surface area contributed by atoms with E-state index in [0.29, 0.717) is 5.39 Å². The molecule has 1 N–H and O–H groups in total. The standard InChI is InChI=1S/C32H52O3S/c1-3-5-7-9-11-13-15-17-19-21-28-23-25-30-31(27-28)29(24-26-32(30)36(33,34)35)22-20-18-16-14-12-10-8-6-4-2/h23-27H,3-22H2,1-2H3,(H,33,34,35). The van der Waals surface area contributed by atoms with Crippen LogP contribution in [0.4, 0.5) is 0 Å². The zero-order valence-electron chi connectivity index (χ0n) is 23.2. The molecule has 4 heteroatoms. The Morgan fingerprint density at radius 3 is 1.53 bits per heavy atom. The fraction of sp³-hybridized carbons (Fsp3) is 0.688. The van der Waals surface area contributed by atoms with Gasteiger partial charge in [-0.05, 0) is 48.3 Å². The van der Waals surface area contributed by atoms with E-state index in [1.54, 1.807) is 6.07 Å². The van der Waals surface area contributed by atoms with Gasteiger partial charge in [-0.25, -0.2) is 0 Å². The maximum atomic E-state index is 12.0. The summed E-state index contributed by atoms with van der Waals surface area (Å²) in [6, 6.07) is 9.63. The first-order chi connectivity index (χ1) is 17.5. The van der Waals surface area contributed by atoms with Gasteiger partial charge in [0.05, 0.1) is 0 Å². The van der Waals surface area contributed by atoms with Crippen LogP contribution >= 0.6 is 0 Å². The van der Waals surface area contributed by atoms with Crippen LogP contribution in [0.2, 0.25) is 0 Å². The number of hydrogen-bond donors (Lipinski definition) is 1. The number of fused-ring (bicyclic) bond motifs is 1. The van der Waals surface area contributed by atoms with Gasteiger partial charge in [0.15, 0.2) is 0 Å². The van der Waals surface area contributed by atoms with Crippen molar-refractivity contribution in [2.45, 2.75) is 147 Å². The van der Waals surface area contributed by atoms with Crippen molar-refractivity contribution < 1.29 is 13.0 Å². The van der Waals surface area contributed by atoms with Crippen molar-refractivity contribution in [3.8, 4) is 0 Å². The minimum atomic E-state index is -4.24. The van der Waals surface area contributed by atoms with Crippen LogP contribution in [-0.4, -0.2) is 13.0 Å². The largest absolute Gasteiger partial charge is 0.295 e. The molecule has 0 atom stereocenters. The van der Waals surface area contributed by atoms with Gasteiger partial charge in [-0.1, -0.05) is 141 Å². The summed E-state index contributed by atoms with van der Waals surface area (Å²) in [7, 11) is -4.24. The molecule has 0 spiro atoms. The van der Waals surface area contributed by atoms with Crippen molar-refractivity contribution >= 4 is 20.9 Å². The second-order valence-corrected chi connectivity index (χ2v) is 12.1. The minimum Gasteiger partial charge on any atom is -0.282 e. The Bertz CT molecular complexity index is 965. The summed E-state index contributed by atoms with van der Waals surface area (Å²) in [6.45, 7) is 4.52. The zero-order valence-corrected chi connectivity index (χ0v) is 24.0. The fourth-order valence-corrected chi connectivity index (χ4v) is 5.99. The second kappa shape index (κ2) is 18.0. The number of aryl methyl sites for hydroxylation is 2. The van der Waals surface area contributed by atoms with Gasteiger partial charge in [0.1, 0.15) is 4.90 Å². The summed E-state index contributed by atoms with van der Waals surface area (Å²) in [5, 5.41) is 1.65. The van der Waals surface area contributed by atoms with Gasteiger partial charge < -0.3 is 0 Å². The zero-order chi connectivity index (χ0) is 26.1. The molecule has 0 radical (unpaired) electrons. The van der Waals surface area contributed by atoms with E-state index >= 15 is 0 Å². The molecule has 36 heavy (non-hydrogen) atoms. The number of rotatable bonds is 21. The van der Waals surface area contributed by atoms with Gasteiger partial charge in [-0.3, -0.25) is 4.55 Å². The van der Waals surface area contributed by atoms with E-state index in [1.165, 1.54) is 120 Å². The van der Waals surface area contributed by atoms with E-state index in [9.17, 15) is 13.0 Å². The SMILES string of the molecule is CCCCCCCCCCCc1ccc2c(S(=O)(=O)O)ccc(CCCCCCCCCCC)c2c1. The molecule has 0 saturated carbocycles. The smallest absolute Gasteiger partial charge is 0.282 e. The Morgan fingerprint density at radius 1 is 0.556 bits per heavy atom. The Morgan fingerprint density at radius 2 is 1.03 bits per heavy atom. The van der Waals surface area contributed by atoms with Gasteiger partial charge in [0.25, 0.3) is 10.1 Å². The molecule has 204 valence electrons. The van der Waals surface area contributed by atoms with Crippen molar-refractivity contribution in [3.05, 3.63) is 41.5 Å². The summed E-state index contributed by atoms with van der Waals surface area (Å²) in [4.78, 5) is 0.0305. The van der Waals surface area contributed by atoms with E-state index in [-0.39, 0.29) is 4.90 Å². The molecule has 0 heterocycles. The van der Waals surface area contributed by atoms with Crippen molar-refractivity contribution in [2.24, 2.45) is 0 Å². The lowest BCUT2D eigenvalue weighted by Gasteiger charge is -2.12. The molecule has 0 amide bonds. The molecular weight excluding hydrogens is 464 g/mol. The molecule has 0 bridgehead atoms. The molecule has 0 aliphatic rings. The molecule has 2 aromatic rings. The van der Waals surface area contributed by atoms with E-state index in [1.807, 2.05) is 18.2 Å². The maximum Gasteiger partial charge on any atom is 0.295 e. The van der Waals surface area contributed by atoms with E-state index in [4.69, 9.17) is 0 Å². The summed E-state index contributed by atoms with van der Waals surface area (Å²) in [5.41, 5.74) is 2.47. The van der Waals surface area contributed by atoms with Crippen LogP contribution in [0.25, 0.3) is 10.8 Å². The Kier molecular flexibility index (Phi) is 15.4. The lowest BCUT2D eigenvalue weighted by Crippen LogP contribution is -2.01. The summed E-state index contributed by atoms with van der Waals surface area (Å²) in [6.07, 6.45) is 25.5. The van der Waals surface area contributed by atoms with E-state index in [2.05, 4.69) is 19.9 Å². The minimum absolute atomic E-state index is 0.0305. The molecule has 3 nitrogen and oxygen atoms in total. The van der Waals surface area contributed by atoms with Crippen LogP contribution in [0.5, 0.6) is 0 Å². The van der Waals surface area contributed by atoms with Crippen LogP contribution in [0.3, 0.4) is 0 Å². The molecule has 0 saturated heterocycles. The lowest BCUT2D eigenvalue weighted by atomic mass is 9.95.